The zero-order chi connectivity index (χ0) is 15.4. The molecule has 1 aromatic rings. The largest absolute Gasteiger partial charge is 0.480 e. The van der Waals surface area contributed by atoms with Gasteiger partial charge in [0, 0.05) is 18.1 Å². The van der Waals surface area contributed by atoms with Gasteiger partial charge in [-0.05, 0) is 25.0 Å². The van der Waals surface area contributed by atoms with Gasteiger partial charge in [-0.3, -0.25) is 10.1 Å². The molecule has 20 heavy (non-hydrogen) atoms. The van der Waals surface area contributed by atoms with Crippen LogP contribution in [0, 0.1) is 24.0 Å². The van der Waals surface area contributed by atoms with Crippen molar-refractivity contribution in [2.75, 3.05) is 0 Å². The van der Waals surface area contributed by atoms with E-state index in [1.807, 2.05) is 0 Å². The highest BCUT2D eigenvalue weighted by Gasteiger charge is 2.25. The number of nitrogens with one attached hydrogen (secondary N) is 1. The molecule has 0 saturated heterocycles. The number of hydrogen-bond acceptors (Lipinski definition) is 4. The van der Waals surface area contributed by atoms with E-state index < -0.39 is 23.0 Å². The average Bonchev–Trinajstić information content (AvgIpc) is 2.32. The summed E-state index contributed by atoms with van der Waals surface area (Å²) in [4.78, 5) is 32.3. The number of nitro groups is 1. The summed E-state index contributed by atoms with van der Waals surface area (Å²) in [6.45, 7) is 3.43. The van der Waals surface area contributed by atoms with Gasteiger partial charge in [-0.25, -0.2) is 9.59 Å². The number of amides is 2. The van der Waals surface area contributed by atoms with E-state index in [1.165, 1.54) is 6.07 Å². The summed E-state index contributed by atoms with van der Waals surface area (Å²) >= 11 is 0. The zero-order valence-electron chi connectivity index (χ0n) is 11.0. The summed E-state index contributed by atoms with van der Waals surface area (Å²) in [5.74, 6) is -1.31. The Kier molecular flexibility index (Phi) is 4.63. The fraction of sp³-hybridized carbons (Fsp3) is 0.333. The molecule has 0 aliphatic rings. The van der Waals surface area contributed by atoms with Crippen LogP contribution in [0.1, 0.15) is 16.7 Å². The van der Waals surface area contributed by atoms with Crippen molar-refractivity contribution >= 4 is 17.7 Å². The highest BCUT2D eigenvalue weighted by Crippen LogP contribution is 2.26. The number of rotatable bonds is 5. The maximum absolute atomic E-state index is 11.1. The van der Waals surface area contributed by atoms with Crippen LogP contribution in [-0.2, 0) is 11.2 Å². The normalized spacial score (nSPS) is 11.7. The van der Waals surface area contributed by atoms with Crippen LogP contribution in [-0.4, -0.2) is 28.1 Å². The van der Waals surface area contributed by atoms with Gasteiger partial charge in [0.05, 0.1) is 4.92 Å². The van der Waals surface area contributed by atoms with Crippen molar-refractivity contribution in [2.24, 2.45) is 5.73 Å². The number of hydrogen-bond donors (Lipinski definition) is 3. The topological polar surface area (TPSA) is 136 Å². The molecule has 0 spiro atoms. The van der Waals surface area contributed by atoms with E-state index in [-0.39, 0.29) is 17.7 Å². The smallest absolute Gasteiger partial charge is 0.326 e. The fourth-order valence-corrected chi connectivity index (χ4v) is 1.86. The number of carboxylic acid groups (broad SMARTS) is 1. The number of aryl methyl sites for hydroxylation is 1. The molecule has 0 fully saturated rings. The lowest BCUT2D eigenvalue weighted by molar-refractivity contribution is -0.385. The molecule has 108 valence electrons. The van der Waals surface area contributed by atoms with Gasteiger partial charge in [-0.1, -0.05) is 6.07 Å². The maximum atomic E-state index is 11.1. The van der Waals surface area contributed by atoms with Crippen LogP contribution in [0.5, 0.6) is 0 Å². The molecule has 0 bridgehead atoms. The number of aliphatic carboxylic acids is 1. The molecule has 0 aliphatic carbocycles. The summed E-state index contributed by atoms with van der Waals surface area (Å²) in [5.41, 5.74) is 6.42. The van der Waals surface area contributed by atoms with Gasteiger partial charge in [0.25, 0.3) is 5.69 Å². The minimum Gasteiger partial charge on any atom is -0.480 e. The molecule has 8 nitrogen and oxygen atoms in total. The number of carbonyl (C=O) groups is 2. The molecule has 8 heteroatoms. The third kappa shape index (κ3) is 3.44. The summed E-state index contributed by atoms with van der Waals surface area (Å²) in [5, 5.41) is 22.1. The Morgan fingerprint density at radius 1 is 1.45 bits per heavy atom. The molecular weight excluding hydrogens is 266 g/mol. The first kappa shape index (κ1) is 15.4. The predicted octanol–water partition coefficient (Wildman–Crippen LogP) is 0.876. The fourth-order valence-electron chi connectivity index (χ4n) is 1.86. The monoisotopic (exact) mass is 281 g/mol. The van der Waals surface area contributed by atoms with E-state index in [0.717, 1.165) is 5.56 Å². The van der Waals surface area contributed by atoms with Gasteiger partial charge < -0.3 is 16.2 Å². The molecule has 1 aromatic carbocycles. The van der Waals surface area contributed by atoms with E-state index in [1.54, 1.807) is 19.9 Å². The predicted molar refractivity (Wildman–Crippen MR) is 70.4 cm³/mol. The minimum absolute atomic E-state index is 0.175. The highest BCUT2D eigenvalue weighted by atomic mass is 16.6. The number of primary amides is 1. The summed E-state index contributed by atoms with van der Waals surface area (Å²) in [6.07, 6.45) is -0.206. The van der Waals surface area contributed by atoms with Crippen molar-refractivity contribution in [2.45, 2.75) is 26.3 Å². The van der Waals surface area contributed by atoms with Gasteiger partial charge in [0.2, 0.25) is 0 Å². The number of nitrogens with zero attached hydrogens (tertiary/aromatic N) is 1. The van der Waals surface area contributed by atoms with Crippen LogP contribution >= 0.6 is 0 Å². The standard InChI is InChI=1S/C12H15N3O5/c1-6-3-4-10(15(19)20)8(7(6)2)5-9(11(16)17)14-12(13)18/h3-4,9H,5H2,1-2H3,(H,16,17)(H3,13,14,18)/t9-/m0/s1. The second-order valence-corrected chi connectivity index (χ2v) is 4.37. The Balaban J connectivity index is 3.23. The van der Waals surface area contributed by atoms with E-state index in [4.69, 9.17) is 10.8 Å². The van der Waals surface area contributed by atoms with Crippen molar-refractivity contribution in [3.63, 3.8) is 0 Å². The molecule has 0 saturated carbocycles. The van der Waals surface area contributed by atoms with Gasteiger partial charge >= 0.3 is 12.0 Å². The van der Waals surface area contributed by atoms with E-state index in [0.29, 0.717) is 5.56 Å². The van der Waals surface area contributed by atoms with Crippen LogP contribution in [0.15, 0.2) is 12.1 Å². The number of nitrogens with two attached hydrogens (primary N) is 1. The Morgan fingerprint density at radius 3 is 2.50 bits per heavy atom. The van der Waals surface area contributed by atoms with Gasteiger partial charge in [-0.15, -0.1) is 0 Å². The average molecular weight is 281 g/mol. The second-order valence-electron chi connectivity index (χ2n) is 4.37. The summed E-state index contributed by atoms with van der Waals surface area (Å²) in [7, 11) is 0. The summed E-state index contributed by atoms with van der Waals surface area (Å²) < 4.78 is 0. The Hall–Kier alpha value is -2.64. The first-order valence-electron chi connectivity index (χ1n) is 5.76. The molecule has 1 rings (SSSR count). The first-order chi connectivity index (χ1) is 9.23. The van der Waals surface area contributed by atoms with Crippen LogP contribution < -0.4 is 11.1 Å². The van der Waals surface area contributed by atoms with Crippen LogP contribution in [0.3, 0.4) is 0 Å². The molecule has 0 unspecified atom stereocenters. The third-order valence-electron chi connectivity index (χ3n) is 3.06. The number of carboxylic acids is 1. The molecule has 0 aromatic heterocycles. The lowest BCUT2D eigenvalue weighted by Crippen LogP contribution is -2.45. The first-order valence-corrected chi connectivity index (χ1v) is 5.76. The lowest BCUT2D eigenvalue weighted by atomic mass is 9.95. The molecule has 4 N–H and O–H groups in total. The highest BCUT2D eigenvalue weighted by molar-refractivity contribution is 5.82. The molecule has 1 atom stereocenters. The number of nitro benzene ring substituents is 1. The molecule has 2 amide bonds. The van der Waals surface area contributed by atoms with E-state index in [2.05, 4.69) is 5.32 Å². The SMILES string of the molecule is Cc1ccc([N+](=O)[O-])c(C[C@H](NC(N)=O)C(=O)O)c1C. The third-order valence-corrected chi connectivity index (χ3v) is 3.06. The van der Waals surface area contributed by atoms with E-state index >= 15 is 0 Å². The molecule has 0 aliphatic heterocycles. The van der Waals surface area contributed by atoms with Crippen molar-refractivity contribution in [1.29, 1.82) is 0 Å². The lowest BCUT2D eigenvalue weighted by Gasteiger charge is -2.15. The zero-order valence-corrected chi connectivity index (χ0v) is 11.0. The quantitative estimate of drug-likeness (QED) is 0.543. The van der Waals surface area contributed by atoms with Crippen LogP contribution in [0.4, 0.5) is 10.5 Å². The van der Waals surface area contributed by atoms with Gasteiger partial charge in [0.1, 0.15) is 6.04 Å². The van der Waals surface area contributed by atoms with Crippen LogP contribution in [0.25, 0.3) is 0 Å². The summed E-state index contributed by atoms with van der Waals surface area (Å²) in [6, 6.07) is 0.604. The van der Waals surface area contributed by atoms with Gasteiger partial charge in [0.15, 0.2) is 0 Å². The molecule has 0 radical (unpaired) electrons. The maximum Gasteiger partial charge on any atom is 0.326 e. The van der Waals surface area contributed by atoms with Crippen molar-refractivity contribution in [3.05, 3.63) is 38.9 Å². The molecular formula is C12H15N3O5. The van der Waals surface area contributed by atoms with E-state index in [9.17, 15) is 19.7 Å². The van der Waals surface area contributed by atoms with Crippen molar-refractivity contribution < 1.29 is 19.6 Å². The Morgan fingerprint density at radius 2 is 2.05 bits per heavy atom. The number of benzene rings is 1. The van der Waals surface area contributed by atoms with Gasteiger partial charge in [-0.2, -0.15) is 0 Å². The van der Waals surface area contributed by atoms with Crippen LogP contribution in [0.2, 0.25) is 0 Å². The molecule has 0 heterocycles. The Labute approximate surface area is 114 Å². The minimum atomic E-state index is -1.31. The number of carbonyl (C=O) groups excluding carboxylic acids is 1. The Bertz CT molecular complexity index is 570. The second kappa shape index (κ2) is 6.00. The number of urea groups is 1. The van der Waals surface area contributed by atoms with Crippen molar-refractivity contribution in [3.8, 4) is 0 Å². The van der Waals surface area contributed by atoms with Crippen molar-refractivity contribution in [1.82, 2.24) is 5.32 Å².